The Hall–Kier alpha value is -2.89. The van der Waals surface area contributed by atoms with Gasteiger partial charge in [0.05, 0.1) is 10.6 Å². The highest BCUT2D eigenvalue weighted by Crippen LogP contribution is 2.31. The molecule has 0 aliphatic carbocycles. The summed E-state index contributed by atoms with van der Waals surface area (Å²) in [7, 11) is 0. The number of fused-ring (bicyclic) bond motifs is 1. The van der Waals surface area contributed by atoms with Crippen LogP contribution in [0.25, 0.3) is 0 Å². The van der Waals surface area contributed by atoms with E-state index in [9.17, 15) is 14.9 Å². The summed E-state index contributed by atoms with van der Waals surface area (Å²) in [5, 5.41) is 10.9. The Balaban J connectivity index is 1.67. The van der Waals surface area contributed by atoms with Crippen LogP contribution in [0.2, 0.25) is 0 Å². The summed E-state index contributed by atoms with van der Waals surface area (Å²) in [6, 6.07) is 12.3. The first-order chi connectivity index (χ1) is 12.0. The lowest BCUT2D eigenvalue weighted by Crippen LogP contribution is -2.33. The summed E-state index contributed by atoms with van der Waals surface area (Å²) in [5.74, 6) is 0.871. The largest absolute Gasteiger partial charge is 0.484 e. The van der Waals surface area contributed by atoms with Gasteiger partial charge in [0, 0.05) is 18.7 Å². The van der Waals surface area contributed by atoms with E-state index >= 15 is 0 Å². The van der Waals surface area contributed by atoms with Crippen molar-refractivity contribution in [3.8, 4) is 5.75 Å². The zero-order valence-electron chi connectivity index (χ0n) is 14.3. The first kappa shape index (κ1) is 17.0. The van der Waals surface area contributed by atoms with Gasteiger partial charge in [-0.2, -0.15) is 0 Å². The lowest BCUT2D eigenvalue weighted by Gasteiger charge is -2.17. The molecule has 0 atom stereocenters. The molecule has 2 aromatic carbocycles. The van der Waals surface area contributed by atoms with Crippen LogP contribution in [0, 0.1) is 10.1 Å². The summed E-state index contributed by atoms with van der Waals surface area (Å²) in [5.41, 5.74) is 2.75. The molecule has 0 fully saturated rings. The molecular formula is C19H20N2O4. The smallest absolute Gasteiger partial charge is 0.271 e. The minimum absolute atomic E-state index is 0.0105. The van der Waals surface area contributed by atoms with Crippen molar-refractivity contribution in [3.05, 3.63) is 63.7 Å². The van der Waals surface area contributed by atoms with Crippen LogP contribution < -0.4 is 9.64 Å². The first-order valence-corrected chi connectivity index (χ1v) is 8.26. The number of carbonyl (C=O) groups excluding carboxylic acids is 1. The summed E-state index contributed by atoms with van der Waals surface area (Å²) in [6.45, 7) is 4.65. The standard InChI is InChI=1S/C19H20N2O4/c1-13(2)14-4-7-17(8-5-14)25-12-19(22)20-10-9-15-3-6-16(21(23)24)11-18(15)20/h3-8,11,13H,9-10,12H2,1-2H3. The number of nitrogens with zero attached hydrogens (tertiary/aromatic N) is 2. The fraction of sp³-hybridized carbons (Fsp3) is 0.316. The molecule has 0 saturated carbocycles. The molecule has 0 radical (unpaired) electrons. The number of rotatable bonds is 5. The molecule has 0 bridgehead atoms. The first-order valence-electron chi connectivity index (χ1n) is 8.26. The highest BCUT2D eigenvalue weighted by molar-refractivity contribution is 5.96. The van der Waals surface area contributed by atoms with Gasteiger partial charge in [-0.3, -0.25) is 14.9 Å². The fourth-order valence-electron chi connectivity index (χ4n) is 2.91. The van der Waals surface area contributed by atoms with Gasteiger partial charge in [0.1, 0.15) is 5.75 Å². The van der Waals surface area contributed by atoms with E-state index in [1.54, 1.807) is 11.0 Å². The molecule has 0 saturated heterocycles. The number of anilines is 1. The molecule has 6 nitrogen and oxygen atoms in total. The monoisotopic (exact) mass is 340 g/mol. The molecule has 0 spiro atoms. The second kappa shape index (κ2) is 6.93. The van der Waals surface area contributed by atoms with Gasteiger partial charge in [-0.05, 0) is 35.6 Å². The minimum atomic E-state index is -0.450. The summed E-state index contributed by atoms with van der Waals surface area (Å²) < 4.78 is 5.58. The molecule has 6 heteroatoms. The topological polar surface area (TPSA) is 72.7 Å². The van der Waals surface area contributed by atoms with E-state index < -0.39 is 4.92 Å². The van der Waals surface area contributed by atoms with Crippen LogP contribution in [0.3, 0.4) is 0 Å². The number of hydrogen-bond acceptors (Lipinski definition) is 4. The molecular weight excluding hydrogens is 320 g/mol. The van der Waals surface area contributed by atoms with Crippen molar-refractivity contribution in [1.29, 1.82) is 0 Å². The number of hydrogen-bond donors (Lipinski definition) is 0. The number of nitro benzene ring substituents is 1. The zero-order chi connectivity index (χ0) is 18.0. The molecule has 1 amide bonds. The van der Waals surface area contributed by atoms with E-state index in [-0.39, 0.29) is 18.2 Å². The Labute approximate surface area is 146 Å². The predicted molar refractivity (Wildman–Crippen MR) is 95.2 cm³/mol. The molecule has 0 unspecified atom stereocenters. The van der Waals surface area contributed by atoms with Gasteiger partial charge >= 0.3 is 0 Å². The van der Waals surface area contributed by atoms with Crippen molar-refractivity contribution in [2.24, 2.45) is 0 Å². The average Bonchev–Trinajstić information content (AvgIpc) is 3.03. The Morgan fingerprint density at radius 3 is 2.60 bits per heavy atom. The van der Waals surface area contributed by atoms with Gasteiger partial charge < -0.3 is 9.64 Å². The van der Waals surface area contributed by atoms with E-state index in [1.165, 1.54) is 17.7 Å². The summed E-state index contributed by atoms with van der Waals surface area (Å²) in [6.07, 6.45) is 0.697. The van der Waals surface area contributed by atoms with Crippen LogP contribution in [-0.4, -0.2) is 24.0 Å². The van der Waals surface area contributed by atoms with Crippen molar-refractivity contribution >= 4 is 17.3 Å². The minimum Gasteiger partial charge on any atom is -0.484 e. The molecule has 0 aromatic heterocycles. The lowest BCUT2D eigenvalue weighted by molar-refractivity contribution is -0.384. The van der Waals surface area contributed by atoms with Crippen molar-refractivity contribution in [3.63, 3.8) is 0 Å². The molecule has 1 aliphatic rings. The maximum Gasteiger partial charge on any atom is 0.271 e. The fourth-order valence-corrected chi connectivity index (χ4v) is 2.91. The molecule has 130 valence electrons. The third kappa shape index (κ3) is 3.63. The van der Waals surface area contributed by atoms with Crippen LogP contribution in [0.15, 0.2) is 42.5 Å². The lowest BCUT2D eigenvalue weighted by atomic mass is 10.0. The number of benzene rings is 2. The van der Waals surface area contributed by atoms with Crippen molar-refractivity contribution in [2.45, 2.75) is 26.2 Å². The normalized spacial score (nSPS) is 13.0. The number of ether oxygens (including phenoxy) is 1. The van der Waals surface area contributed by atoms with Crippen LogP contribution in [0.5, 0.6) is 5.75 Å². The molecule has 1 aliphatic heterocycles. The van der Waals surface area contributed by atoms with E-state index in [2.05, 4.69) is 13.8 Å². The summed E-state index contributed by atoms with van der Waals surface area (Å²) in [4.78, 5) is 24.5. The van der Waals surface area contributed by atoms with Gasteiger partial charge in [-0.25, -0.2) is 0 Å². The second-order valence-corrected chi connectivity index (χ2v) is 6.38. The Morgan fingerprint density at radius 1 is 1.24 bits per heavy atom. The summed E-state index contributed by atoms with van der Waals surface area (Å²) >= 11 is 0. The van der Waals surface area contributed by atoms with E-state index in [1.807, 2.05) is 24.3 Å². The quantitative estimate of drug-likeness (QED) is 0.615. The van der Waals surface area contributed by atoms with Crippen molar-refractivity contribution in [2.75, 3.05) is 18.1 Å². The SMILES string of the molecule is CC(C)c1ccc(OCC(=O)N2CCc3ccc([N+](=O)[O-])cc32)cc1. The van der Waals surface area contributed by atoms with E-state index in [0.717, 1.165) is 5.56 Å². The van der Waals surface area contributed by atoms with Gasteiger partial charge in [0.2, 0.25) is 0 Å². The molecule has 1 heterocycles. The number of carbonyl (C=O) groups is 1. The maximum atomic E-state index is 12.5. The highest BCUT2D eigenvalue weighted by Gasteiger charge is 2.26. The molecule has 0 N–H and O–H groups in total. The Bertz CT molecular complexity index is 800. The highest BCUT2D eigenvalue weighted by atomic mass is 16.6. The van der Waals surface area contributed by atoms with Crippen LogP contribution in [0.1, 0.15) is 30.9 Å². The third-order valence-electron chi connectivity index (χ3n) is 4.39. The number of non-ortho nitro benzene ring substituents is 1. The number of amides is 1. The van der Waals surface area contributed by atoms with Gasteiger partial charge in [0.25, 0.3) is 11.6 Å². The second-order valence-electron chi connectivity index (χ2n) is 6.38. The van der Waals surface area contributed by atoms with Crippen LogP contribution >= 0.6 is 0 Å². The predicted octanol–water partition coefficient (Wildman–Crippen LogP) is 3.69. The Kier molecular flexibility index (Phi) is 4.70. The Morgan fingerprint density at radius 2 is 1.96 bits per heavy atom. The molecule has 3 rings (SSSR count). The maximum absolute atomic E-state index is 12.5. The number of nitro groups is 1. The van der Waals surface area contributed by atoms with Gasteiger partial charge in [0.15, 0.2) is 6.61 Å². The zero-order valence-corrected chi connectivity index (χ0v) is 14.3. The van der Waals surface area contributed by atoms with E-state index in [4.69, 9.17) is 4.74 Å². The molecule has 2 aromatic rings. The van der Waals surface area contributed by atoms with Crippen LogP contribution in [0.4, 0.5) is 11.4 Å². The van der Waals surface area contributed by atoms with E-state index in [0.29, 0.717) is 30.3 Å². The van der Waals surface area contributed by atoms with Crippen LogP contribution in [-0.2, 0) is 11.2 Å². The third-order valence-corrected chi connectivity index (χ3v) is 4.39. The van der Waals surface area contributed by atoms with Crippen molar-refractivity contribution in [1.82, 2.24) is 0 Å². The van der Waals surface area contributed by atoms with Crippen molar-refractivity contribution < 1.29 is 14.5 Å². The molecule has 25 heavy (non-hydrogen) atoms. The van der Waals surface area contributed by atoms with Gasteiger partial charge in [-0.15, -0.1) is 0 Å². The average molecular weight is 340 g/mol. The van der Waals surface area contributed by atoms with Gasteiger partial charge in [-0.1, -0.05) is 32.0 Å².